The number of imide groups is 2. The van der Waals surface area contributed by atoms with Crippen LogP contribution in [0.15, 0.2) is 18.2 Å². The van der Waals surface area contributed by atoms with Crippen molar-refractivity contribution in [3.63, 3.8) is 0 Å². The van der Waals surface area contributed by atoms with Gasteiger partial charge in [0.05, 0.1) is 17.2 Å². The van der Waals surface area contributed by atoms with Crippen LogP contribution in [0.2, 0.25) is 0 Å². The fourth-order valence-electron chi connectivity index (χ4n) is 4.77. The summed E-state index contributed by atoms with van der Waals surface area (Å²) >= 11 is 0. The first-order chi connectivity index (χ1) is 15.9. The number of hydrogen-bond donors (Lipinski definition) is 3. The molecule has 0 aromatic heterocycles. The fraction of sp³-hybridized carbons (Fsp3) is 0.583. The van der Waals surface area contributed by atoms with Crippen LogP contribution in [-0.4, -0.2) is 76.9 Å². The molecular formula is C24H32N4O5. The van der Waals surface area contributed by atoms with Gasteiger partial charge in [0.25, 0.3) is 11.8 Å². The molecule has 0 radical (unpaired) electrons. The van der Waals surface area contributed by atoms with E-state index in [1.807, 2.05) is 0 Å². The normalized spacial score (nSPS) is 22.0. The van der Waals surface area contributed by atoms with E-state index in [2.05, 4.69) is 15.5 Å². The molecule has 3 heterocycles. The van der Waals surface area contributed by atoms with Crippen molar-refractivity contribution >= 4 is 29.3 Å². The third-order valence-corrected chi connectivity index (χ3v) is 6.73. The number of likely N-dealkylation sites (tertiary alicyclic amines) is 1. The van der Waals surface area contributed by atoms with Crippen LogP contribution in [0.3, 0.4) is 0 Å². The first kappa shape index (κ1) is 23.4. The Morgan fingerprint density at radius 1 is 0.939 bits per heavy atom. The van der Waals surface area contributed by atoms with E-state index in [9.17, 15) is 24.3 Å². The quantitative estimate of drug-likeness (QED) is 0.381. The third-order valence-electron chi connectivity index (χ3n) is 6.73. The van der Waals surface area contributed by atoms with Crippen LogP contribution in [0.5, 0.6) is 0 Å². The Labute approximate surface area is 193 Å². The van der Waals surface area contributed by atoms with Crippen LogP contribution >= 0.6 is 0 Å². The number of benzene rings is 1. The minimum atomic E-state index is -0.943. The Hall–Kier alpha value is -2.78. The zero-order chi connectivity index (χ0) is 23.4. The van der Waals surface area contributed by atoms with E-state index in [-0.39, 0.29) is 24.9 Å². The molecule has 3 aliphatic rings. The largest absolute Gasteiger partial charge is 0.393 e. The Balaban J connectivity index is 1.21. The van der Waals surface area contributed by atoms with E-state index in [4.69, 9.17) is 0 Å². The SMILES string of the molecule is O=C1CCC(N2C(=O)c3ccc(NCCCCCCN4CCC(O)CC4)cc3C2=O)C(=O)N1. The van der Waals surface area contributed by atoms with Crippen LogP contribution in [0.4, 0.5) is 5.69 Å². The summed E-state index contributed by atoms with van der Waals surface area (Å²) in [7, 11) is 0. The van der Waals surface area contributed by atoms with Gasteiger partial charge in [0, 0.05) is 31.7 Å². The van der Waals surface area contributed by atoms with Gasteiger partial charge in [0.2, 0.25) is 11.8 Å². The van der Waals surface area contributed by atoms with Crippen molar-refractivity contribution in [2.75, 3.05) is 31.5 Å². The zero-order valence-corrected chi connectivity index (χ0v) is 18.8. The number of anilines is 1. The van der Waals surface area contributed by atoms with Crippen molar-refractivity contribution in [2.45, 2.75) is 63.5 Å². The molecule has 0 saturated carbocycles. The van der Waals surface area contributed by atoms with Gasteiger partial charge in [-0.05, 0) is 56.8 Å². The summed E-state index contributed by atoms with van der Waals surface area (Å²) in [5.41, 5.74) is 1.36. The molecule has 1 aromatic rings. The van der Waals surface area contributed by atoms with Crippen LogP contribution in [-0.2, 0) is 9.59 Å². The van der Waals surface area contributed by atoms with E-state index in [1.165, 1.54) is 0 Å². The molecule has 3 aliphatic heterocycles. The van der Waals surface area contributed by atoms with E-state index < -0.39 is 23.8 Å². The van der Waals surface area contributed by atoms with Gasteiger partial charge in [-0.3, -0.25) is 29.4 Å². The lowest BCUT2D eigenvalue weighted by Crippen LogP contribution is -2.54. The lowest BCUT2D eigenvalue weighted by atomic mass is 10.0. The van der Waals surface area contributed by atoms with E-state index in [0.717, 1.165) is 75.3 Å². The number of piperidine rings is 2. The molecule has 0 aliphatic carbocycles. The van der Waals surface area contributed by atoms with Gasteiger partial charge >= 0.3 is 0 Å². The third kappa shape index (κ3) is 5.42. The molecule has 2 saturated heterocycles. The van der Waals surface area contributed by atoms with Crippen molar-refractivity contribution in [3.05, 3.63) is 29.3 Å². The summed E-state index contributed by atoms with van der Waals surface area (Å²) < 4.78 is 0. The van der Waals surface area contributed by atoms with Crippen molar-refractivity contribution in [1.82, 2.24) is 15.1 Å². The maximum Gasteiger partial charge on any atom is 0.262 e. The summed E-state index contributed by atoms with van der Waals surface area (Å²) in [6.45, 7) is 3.84. The topological polar surface area (TPSA) is 119 Å². The molecular weight excluding hydrogens is 424 g/mol. The number of carbonyl (C=O) groups excluding carboxylic acids is 4. The Morgan fingerprint density at radius 2 is 1.67 bits per heavy atom. The molecule has 1 aromatic carbocycles. The van der Waals surface area contributed by atoms with Gasteiger partial charge in [-0.1, -0.05) is 12.8 Å². The molecule has 4 rings (SSSR count). The molecule has 33 heavy (non-hydrogen) atoms. The molecule has 0 spiro atoms. The standard InChI is InChI=1S/C24H32N4O5/c29-17-9-13-27(14-10-17)12-4-2-1-3-11-25-16-5-6-18-19(15-16)24(33)28(23(18)32)20-7-8-21(30)26-22(20)31/h5-6,15,17,20,25,29H,1-4,7-14H2,(H,26,30,31). The number of nitrogens with zero attached hydrogens (tertiary/aromatic N) is 2. The Bertz CT molecular complexity index is 925. The van der Waals surface area contributed by atoms with Gasteiger partial charge in [-0.25, -0.2) is 0 Å². The lowest BCUT2D eigenvalue weighted by Gasteiger charge is -2.29. The minimum Gasteiger partial charge on any atom is -0.393 e. The first-order valence-electron chi connectivity index (χ1n) is 11.9. The van der Waals surface area contributed by atoms with Crippen molar-refractivity contribution in [2.24, 2.45) is 0 Å². The van der Waals surface area contributed by atoms with Gasteiger partial charge in [-0.2, -0.15) is 0 Å². The van der Waals surface area contributed by atoms with E-state index >= 15 is 0 Å². The maximum absolute atomic E-state index is 12.9. The number of amides is 4. The molecule has 4 amide bonds. The molecule has 2 fully saturated rings. The zero-order valence-electron chi connectivity index (χ0n) is 18.8. The monoisotopic (exact) mass is 456 g/mol. The molecule has 9 heteroatoms. The van der Waals surface area contributed by atoms with Gasteiger partial charge < -0.3 is 15.3 Å². The van der Waals surface area contributed by atoms with Gasteiger partial charge in [-0.15, -0.1) is 0 Å². The van der Waals surface area contributed by atoms with Crippen LogP contribution in [0.1, 0.15) is 72.1 Å². The smallest absolute Gasteiger partial charge is 0.262 e. The number of aliphatic hydroxyl groups excluding tert-OH is 1. The van der Waals surface area contributed by atoms with Crippen molar-refractivity contribution < 1.29 is 24.3 Å². The lowest BCUT2D eigenvalue weighted by molar-refractivity contribution is -0.136. The number of unbranched alkanes of at least 4 members (excludes halogenated alkanes) is 3. The van der Waals surface area contributed by atoms with Gasteiger partial charge in [0.1, 0.15) is 6.04 Å². The average molecular weight is 457 g/mol. The highest BCUT2D eigenvalue weighted by Crippen LogP contribution is 2.29. The number of aliphatic hydroxyl groups is 1. The van der Waals surface area contributed by atoms with Crippen molar-refractivity contribution in [3.8, 4) is 0 Å². The predicted molar refractivity (Wildman–Crippen MR) is 122 cm³/mol. The van der Waals surface area contributed by atoms with Crippen LogP contribution < -0.4 is 10.6 Å². The van der Waals surface area contributed by atoms with E-state index in [1.54, 1.807) is 18.2 Å². The van der Waals surface area contributed by atoms with Crippen LogP contribution in [0.25, 0.3) is 0 Å². The number of hydrogen-bond acceptors (Lipinski definition) is 7. The summed E-state index contributed by atoms with van der Waals surface area (Å²) in [5.74, 6) is -1.96. The highest BCUT2D eigenvalue weighted by atomic mass is 16.3. The molecule has 1 atom stereocenters. The van der Waals surface area contributed by atoms with Gasteiger partial charge in [0.15, 0.2) is 0 Å². The number of rotatable bonds is 9. The second-order valence-electron chi connectivity index (χ2n) is 9.12. The molecule has 1 unspecified atom stereocenters. The second-order valence-corrected chi connectivity index (χ2v) is 9.12. The first-order valence-corrected chi connectivity index (χ1v) is 11.9. The number of fused-ring (bicyclic) bond motifs is 1. The fourth-order valence-corrected chi connectivity index (χ4v) is 4.77. The highest BCUT2D eigenvalue weighted by molar-refractivity contribution is 6.23. The summed E-state index contributed by atoms with van der Waals surface area (Å²) in [6.07, 6.45) is 6.31. The Kier molecular flexibility index (Phi) is 7.39. The van der Waals surface area contributed by atoms with Crippen molar-refractivity contribution in [1.29, 1.82) is 0 Å². The van der Waals surface area contributed by atoms with Crippen LogP contribution in [0, 0.1) is 0 Å². The summed E-state index contributed by atoms with van der Waals surface area (Å²) in [4.78, 5) is 52.6. The number of nitrogens with one attached hydrogen (secondary N) is 2. The molecule has 9 nitrogen and oxygen atoms in total. The molecule has 3 N–H and O–H groups in total. The summed E-state index contributed by atoms with van der Waals surface area (Å²) in [6, 6.07) is 4.13. The predicted octanol–water partition coefficient (Wildman–Crippen LogP) is 1.52. The minimum absolute atomic E-state index is 0.109. The van der Waals surface area contributed by atoms with E-state index in [0.29, 0.717) is 11.1 Å². The summed E-state index contributed by atoms with van der Waals surface area (Å²) in [5, 5.41) is 15.1. The molecule has 178 valence electrons. The highest BCUT2D eigenvalue weighted by Gasteiger charge is 2.44. The average Bonchev–Trinajstić information content (AvgIpc) is 3.04. The maximum atomic E-state index is 12.9. The Morgan fingerprint density at radius 3 is 2.42 bits per heavy atom. The number of carbonyl (C=O) groups is 4. The molecule has 0 bridgehead atoms. The second kappa shape index (κ2) is 10.4.